The van der Waals surface area contributed by atoms with E-state index in [1.807, 2.05) is 17.5 Å². The number of aryl methyl sites for hydroxylation is 1. The molecule has 0 aromatic carbocycles. The highest BCUT2D eigenvalue weighted by Gasteiger charge is 2.13. The number of hydrogen-bond donors (Lipinski definition) is 1. The van der Waals surface area contributed by atoms with Crippen molar-refractivity contribution in [3.8, 4) is 10.8 Å². The fourth-order valence-corrected chi connectivity index (χ4v) is 3.34. The Morgan fingerprint density at radius 1 is 1.36 bits per heavy atom. The van der Waals surface area contributed by atoms with Gasteiger partial charge in [-0.3, -0.25) is 4.79 Å². The van der Waals surface area contributed by atoms with Crippen LogP contribution in [0.2, 0.25) is 0 Å². The van der Waals surface area contributed by atoms with Crippen molar-refractivity contribution in [2.24, 2.45) is 0 Å². The van der Waals surface area contributed by atoms with Gasteiger partial charge in [0.2, 0.25) is 0 Å². The zero-order valence-electron chi connectivity index (χ0n) is 11.9. The van der Waals surface area contributed by atoms with Gasteiger partial charge in [-0.15, -0.1) is 22.7 Å². The molecule has 0 spiro atoms. The summed E-state index contributed by atoms with van der Waals surface area (Å²) in [5, 5.41) is 11.3. The van der Waals surface area contributed by atoms with Crippen LogP contribution in [0.1, 0.15) is 34.7 Å². The van der Waals surface area contributed by atoms with E-state index in [0.29, 0.717) is 17.4 Å². The van der Waals surface area contributed by atoms with Crippen LogP contribution >= 0.6 is 22.7 Å². The van der Waals surface area contributed by atoms with Crippen LogP contribution in [0, 0.1) is 0 Å². The summed E-state index contributed by atoms with van der Waals surface area (Å²) in [4.78, 5) is 21.5. The number of nitrogens with zero attached hydrogens (tertiary/aromatic N) is 3. The maximum absolute atomic E-state index is 12.0. The maximum Gasteiger partial charge on any atom is 0.271 e. The van der Waals surface area contributed by atoms with Crippen molar-refractivity contribution in [3.63, 3.8) is 0 Å². The molecule has 0 saturated carbocycles. The first-order chi connectivity index (χ1) is 10.8. The number of aromatic nitrogens is 3. The van der Waals surface area contributed by atoms with E-state index in [-0.39, 0.29) is 12.5 Å². The minimum atomic E-state index is -0.221. The normalized spacial score (nSPS) is 10.8. The van der Waals surface area contributed by atoms with E-state index in [0.717, 1.165) is 22.7 Å². The molecule has 0 saturated heterocycles. The van der Waals surface area contributed by atoms with E-state index in [1.54, 1.807) is 5.38 Å². The lowest BCUT2D eigenvalue weighted by Gasteiger charge is -1.98. The zero-order valence-corrected chi connectivity index (χ0v) is 13.5. The first kappa shape index (κ1) is 14.9. The summed E-state index contributed by atoms with van der Waals surface area (Å²) in [7, 11) is 0. The van der Waals surface area contributed by atoms with Gasteiger partial charge >= 0.3 is 0 Å². The zero-order chi connectivity index (χ0) is 15.4. The second kappa shape index (κ2) is 6.80. The Bertz CT molecular complexity index is 749. The number of amides is 1. The van der Waals surface area contributed by atoms with Crippen molar-refractivity contribution >= 4 is 28.6 Å². The molecular formula is C14H14N4O2S2. The van der Waals surface area contributed by atoms with E-state index >= 15 is 0 Å². The Balaban J connectivity index is 1.58. The molecule has 8 heteroatoms. The maximum atomic E-state index is 12.0. The number of nitrogens with one attached hydrogen (secondary N) is 1. The lowest BCUT2D eigenvalue weighted by molar-refractivity contribution is 0.0945. The average molecular weight is 334 g/mol. The average Bonchev–Trinajstić information content (AvgIpc) is 3.25. The molecule has 0 aliphatic carbocycles. The van der Waals surface area contributed by atoms with Gasteiger partial charge in [-0.05, 0) is 24.3 Å². The second-order valence-corrected chi connectivity index (χ2v) is 6.44. The van der Waals surface area contributed by atoms with Gasteiger partial charge in [-0.25, -0.2) is 4.98 Å². The molecule has 3 aromatic rings. The number of hydrogen-bond acceptors (Lipinski definition) is 7. The molecule has 0 fully saturated rings. The second-order valence-electron chi connectivity index (χ2n) is 4.55. The molecule has 1 N–H and O–H groups in total. The quantitative estimate of drug-likeness (QED) is 0.749. The van der Waals surface area contributed by atoms with Gasteiger partial charge < -0.3 is 9.84 Å². The van der Waals surface area contributed by atoms with E-state index in [9.17, 15) is 4.79 Å². The largest absolute Gasteiger partial charge is 0.343 e. The van der Waals surface area contributed by atoms with E-state index < -0.39 is 0 Å². The van der Waals surface area contributed by atoms with Crippen molar-refractivity contribution in [1.29, 1.82) is 0 Å². The SMILES string of the molecule is CCCc1nc(C(=O)NCc2noc(-c3cccs3)n2)cs1. The van der Waals surface area contributed by atoms with Crippen LogP contribution in [-0.4, -0.2) is 21.0 Å². The van der Waals surface area contributed by atoms with Crippen LogP contribution in [0.4, 0.5) is 0 Å². The van der Waals surface area contributed by atoms with E-state index in [1.165, 1.54) is 22.7 Å². The third kappa shape index (κ3) is 3.40. The predicted molar refractivity (Wildman–Crippen MR) is 84.9 cm³/mol. The fourth-order valence-electron chi connectivity index (χ4n) is 1.82. The summed E-state index contributed by atoms with van der Waals surface area (Å²) < 4.78 is 5.17. The molecule has 6 nitrogen and oxygen atoms in total. The van der Waals surface area contributed by atoms with Crippen molar-refractivity contribution in [2.45, 2.75) is 26.3 Å². The molecule has 1 amide bonds. The van der Waals surface area contributed by atoms with Crippen LogP contribution in [0.3, 0.4) is 0 Å². The standard InChI is InChI=1S/C14H14N4O2S2/c1-2-4-12-16-9(8-22-12)13(19)15-7-11-17-14(20-18-11)10-5-3-6-21-10/h3,5-6,8H,2,4,7H2,1H3,(H,15,19). The number of carbonyl (C=O) groups is 1. The highest BCUT2D eigenvalue weighted by Crippen LogP contribution is 2.22. The molecule has 0 radical (unpaired) electrons. The Labute approximate surface area is 135 Å². The highest BCUT2D eigenvalue weighted by atomic mass is 32.1. The third-order valence-electron chi connectivity index (χ3n) is 2.86. The van der Waals surface area contributed by atoms with Gasteiger partial charge in [0.1, 0.15) is 5.69 Å². The van der Waals surface area contributed by atoms with Crippen molar-refractivity contribution in [3.05, 3.63) is 39.4 Å². The Morgan fingerprint density at radius 3 is 3.05 bits per heavy atom. The van der Waals surface area contributed by atoms with E-state index in [4.69, 9.17) is 4.52 Å². The van der Waals surface area contributed by atoms with Crippen LogP contribution < -0.4 is 5.32 Å². The Morgan fingerprint density at radius 2 is 2.27 bits per heavy atom. The van der Waals surface area contributed by atoms with Gasteiger partial charge in [0.05, 0.1) is 16.4 Å². The molecule has 3 aromatic heterocycles. The molecule has 0 atom stereocenters. The van der Waals surface area contributed by atoms with Crippen molar-refractivity contribution < 1.29 is 9.32 Å². The van der Waals surface area contributed by atoms with Gasteiger partial charge in [0, 0.05) is 5.38 Å². The van der Waals surface area contributed by atoms with Crippen LogP contribution in [0.5, 0.6) is 0 Å². The van der Waals surface area contributed by atoms with Gasteiger partial charge in [0.25, 0.3) is 11.8 Å². The molecule has 3 rings (SSSR count). The molecule has 0 unspecified atom stereocenters. The lowest BCUT2D eigenvalue weighted by atomic mass is 10.3. The number of thiophene rings is 1. The van der Waals surface area contributed by atoms with Crippen LogP contribution in [0.25, 0.3) is 10.8 Å². The number of thiazole rings is 1. The fraction of sp³-hybridized carbons (Fsp3) is 0.286. The molecule has 114 valence electrons. The summed E-state index contributed by atoms with van der Waals surface area (Å²) in [6.45, 7) is 2.30. The molecule has 0 bridgehead atoms. The molecule has 0 aliphatic heterocycles. The van der Waals surface area contributed by atoms with E-state index in [2.05, 4.69) is 27.4 Å². The monoisotopic (exact) mass is 334 g/mol. The summed E-state index contributed by atoms with van der Waals surface area (Å²) in [5.74, 6) is 0.694. The van der Waals surface area contributed by atoms with Crippen molar-refractivity contribution in [2.75, 3.05) is 0 Å². The minimum Gasteiger partial charge on any atom is -0.343 e. The summed E-state index contributed by atoms with van der Waals surface area (Å²) >= 11 is 3.03. The first-order valence-electron chi connectivity index (χ1n) is 6.85. The summed E-state index contributed by atoms with van der Waals surface area (Å²) in [5.41, 5.74) is 0.440. The van der Waals surface area contributed by atoms with Crippen LogP contribution in [0.15, 0.2) is 27.4 Å². The summed E-state index contributed by atoms with van der Waals surface area (Å²) in [6, 6.07) is 3.83. The molecule has 0 aliphatic rings. The van der Waals surface area contributed by atoms with Gasteiger partial charge in [-0.2, -0.15) is 4.98 Å². The predicted octanol–water partition coefficient (Wildman–Crippen LogP) is 3.14. The highest BCUT2D eigenvalue weighted by molar-refractivity contribution is 7.13. The lowest BCUT2D eigenvalue weighted by Crippen LogP contribution is -2.23. The minimum absolute atomic E-state index is 0.217. The molecule has 22 heavy (non-hydrogen) atoms. The summed E-state index contributed by atoms with van der Waals surface area (Å²) in [6.07, 6.45) is 1.91. The van der Waals surface area contributed by atoms with Crippen molar-refractivity contribution in [1.82, 2.24) is 20.4 Å². The Kier molecular flexibility index (Phi) is 4.59. The molecule has 3 heterocycles. The first-order valence-corrected chi connectivity index (χ1v) is 8.61. The van der Waals surface area contributed by atoms with Crippen LogP contribution in [-0.2, 0) is 13.0 Å². The number of rotatable bonds is 6. The smallest absolute Gasteiger partial charge is 0.271 e. The Hall–Kier alpha value is -2.06. The van der Waals surface area contributed by atoms with Gasteiger partial charge in [0.15, 0.2) is 5.82 Å². The number of carbonyl (C=O) groups excluding carboxylic acids is 1. The van der Waals surface area contributed by atoms with Gasteiger partial charge in [-0.1, -0.05) is 18.1 Å². The topological polar surface area (TPSA) is 80.9 Å². The molecular weight excluding hydrogens is 320 g/mol. The third-order valence-corrected chi connectivity index (χ3v) is 4.62.